The minimum absolute atomic E-state index is 1.13. The molecule has 21 heavy (non-hydrogen) atoms. The van der Waals surface area contributed by atoms with Gasteiger partial charge in [-0.3, -0.25) is 0 Å². The summed E-state index contributed by atoms with van der Waals surface area (Å²) in [5.74, 6) is 0. The van der Waals surface area contributed by atoms with Crippen LogP contribution in [0.25, 0.3) is 10.9 Å². The first-order chi connectivity index (χ1) is 10.3. The van der Waals surface area contributed by atoms with Crippen LogP contribution < -0.4 is 0 Å². The van der Waals surface area contributed by atoms with Crippen molar-refractivity contribution in [3.05, 3.63) is 71.9 Å². The van der Waals surface area contributed by atoms with E-state index in [1.807, 2.05) is 0 Å². The number of aryl methyl sites for hydroxylation is 3. The first-order valence-electron chi connectivity index (χ1n) is 7.93. The topological polar surface area (TPSA) is 4.93 Å². The van der Waals surface area contributed by atoms with Crippen LogP contribution >= 0.6 is 0 Å². The number of benzene rings is 2. The van der Waals surface area contributed by atoms with E-state index < -0.39 is 0 Å². The summed E-state index contributed by atoms with van der Waals surface area (Å²) in [5.41, 5.74) is 4.20. The Labute approximate surface area is 127 Å². The third-order valence-corrected chi connectivity index (χ3v) is 4.24. The van der Waals surface area contributed by atoms with E-state index in [2.05, 4.69) is 72.3 Å². The van der Waals surface area contributed by atoms with Gasteiger partial charge in [-0.15, -0.1) is 0 Å². The van der Waals surface area contributed by atoms with E-state index in [0.29, 0.717) is 0 Å². The largest absolute Gasteiger partial charge is 0.347 e. The SMILES string of the molecule is Cc1cccc2c1ccn2CCCCCc1ccccc1. The van der Waals surface area contributed by atoms with Gasteiger partial charge in [-0.05, 0) is 49.4 Å². The molecule has 0 atom stereocenters. The van der Waals surface area contributed by atoms with Crippen LogP contribution in [0.15, 0.2) is 60.8 Å². The number of nitrogens with zero attached hydrogens (tertiary/aromatic N) is 1. The smallest absolute Gasteiger partial charge is 0.0482 e. The van der Waals surface area contributed by atoms with Crippen LogP contribution in [0.4, 0.5) is 0 Å². The summed E-state index contributed by atoms with van der Waals surface area (Å²) >= 11 is 0. The maximum Gasteiger partial charge on any atom is 0.0482 e. The molecule has 3 rings (SSSR count). The van der Waals surface area contributed by atoms with E-state index in [4.69, 9.17) is 0 Å². The molecule has 1 heterocycles. The highest BCUT2D eigenvalue weighted by molar-refractivity contribution is 5.83. The summed E-state index contributed by atoms with van der Waals surface area (Å²) in [6, 6.07) is 19.6. The molecule has 0 fully saturated rings. The second-order valence-electron chi connectivity index (χ2n) is 5.81. The highest BCUT2D eigenvalue weighted by atomic mass is 14.9. The number of hydrogen-bond donors (Lipinski definition) is 0. The molecule has 1 aromatic heterocycles. The van der Waals surface area contributed by atoms with Gasteiger partial charge in [0.1, 0.15) is 0 Å². The minimum atomic E-state index is 1.13. The van der Waals surface area contributed by atoms with Gasteiger partial charge in [0.05, 0.1) is 0 Å². The van der Waals surface area contributed by atoms with Crippen molar-refractivity contribution in [3.63, 3.8) is 0 Å². The Bertz CT molecular complexity index is 694. The fourth-order valence-corrected chi connectivity index (χ4v) is 3.00. The highest BCUT2D eigenvalue weighted by Crippen LogP contribution is 2.20. The third-order valence-electron chi connectivity index (χ3n) is 4.24. The second-order valence-corrected chi connectivity index (χ2v) is 5.81. The quantitative estimate of drug-likeness (QED) is 0.534. The van der Waals surface area contributed by atoms with Crippen molar-refractivity contribution in [3.8, 4) is 0 Å². The van der Waals surface area contributed by atoms with Crippen LogP contribution in [-0.2, 0) is 13.0 Å². The summed E-state index contributed by atoms with van der Waals surface area (Å²) in [4.78, 5) is 0. The predicted molar refractivity (Wildman–Crippen MR) is 90.7 cm³/mol. The number of aromatic nitrogens is 1. The predicted octanol–water partition coefficient (Wildman–Crippen LogP) is 5.36. The van der Waals surface area contributed by atoms with Crippen molar-refractivity contribution in [1.82, 2.24) is 4.57 Å². The molecule has 0 spiro atoms. The standard InChI is InChI=1S/C20H23N/c1-17-9-8-13-20-19(17)14-16-21(20)15-7-3-6-12-18-10-4-2-5-11-18/h2,4-5,8-11,13-14,16H,3,6-7,12,15H2,1H3. The van der Waals surface area contributed by atoms with E-state index in [1.165, 1.54) is 47.7 Å². The van der Waals surface area contributed by atoms with E-state index in [1.54, 1.807) is 0 Å². The zero-order chi connectivity index (χ0) is 14.5. The van der Waals surface area contributed by atoms with E-state index in [9.17, 15) is 0 Å². The molecule has 0 bridgehead atoms. The lowest BCUT2D eigenvalue weighted by atomic mass is 10.1. The Hall–Kier alpha value is -2.02. The molecule has 0 radical (unpaired) electrons. The Kier molecular flexibility index (Phi) is 4.40. The molecule has 0 aliphatic carbocycles. The lowest BCUT2D eigenvalue weighted by Gasteiger charge is -2.06. The Balaban J connectivity index is 1.50. The molecule has 0 saturated heterocycles. The Morgan fingerprint density at radius 2 is 1.67 bits per heavy atom. The molecule has 0 unspecified atom stereocenters. The molecular weight excluding hydrogens is 254 g/mol. The summed E-state index contributed by atoms with van der Waals surface area (Å²) in [6.07, 6.45) is 7.26. The maximum atomic E-state index is 2.39. The summed E-state index contributed by atoms with van der Waals surface area (Å²) in [6.45, 7) is 3.31. The van der Waals surface area contributed by atoms with Gasteiger partial charge in [0.15, 0.2) is 0 Å². The van der Waals surface area contributed by atoms with Crippen LogP contribution in [0.2, 0.25) is 0 Å². The molecule has 0 aliphatic rings. The molecule has 3 aromatic rings. The zero-order valence-corrected chi connectivity index (χ0v) is 12.8. The van der Waals surface area contributed by atoms with Gasteiger partial charge in [0.25, 0.3) is 0 Å². The summed E-state index contributed by atoms with van der Waals surface area (Å²) in [7, 11) is 0. The van der Waals surface area contributed by atoms with Crippen molar-refractivity contribution in [2.24, 2.45) is 0 Å². The molecular formula is C20H23N. The minimum Gasteiger partial charge on any atom is -0.347 e. The van der Waals surface area contributed by atoms with Crippen LogP contribution in [-0.4, -0.2) is 4.57 Å². The molecule has 0 aliphatic heterocycles. The number of fused-ring (bicyclic) bond motifs is 1. The molecule has 108 valence electrons. The molecule has 0 saturated carbocycles. The lowest BCUT2D eigenvalue weighted by molar-refractivity contribution is 0.599. The monoisotopic (exact) mass is 277 g/mol. The molecule has 0 N–H and O–H groups in total. The van der Waals surface area contributed by atoms with Crippen molar-refractivity contribution >= 4 is 10.9 Å². The lowest BCUT2D eigenvalue weighted by Crippen LogP contribution is -1.96. The Morgan fingerprint density at radius 3 is 2.52 bits per heavy atom. The average molecular weight is 277 g/mol. The van der Waals surface area contributed by atoms with Crippen LogP contribution in [0.3, 0.4) is 0 Å². The molecule has 2 aromatic carbocycles. The first-order valence-corrected chi connectivity index (χ1v) is 7.93. The highest BCUT2D eigenvalue weighted by Gasteiger charge is 2.02. The number of unbranched alkanes of at least 4 members (excludes halogenated alkanes) is 2. The van der Waals surface area contributed by atoms with Crippen LogP contribution in [0.1, 0.15) is 30.4 Å². The van der Waals surface area contributed by atoms with Gasteiger partial charge < -0.3 is 4.57 Å². The fraction of sp³-hybridized carbons (Fsp3) is 0.300. The van der Waals surface area contributed by atoms with Crippen molar-refractivity contribution < 1.29 is 0 Å². The molecule has 1 nitrogen and oxygen atoms in total. The summed E-state index contributed by atoms with van der Waals surface area (Å²) in [5, 5.41) is 1.39. The molecule has 1 heteroatoms. The van der Waals surface area contributed by atoms with Gasteiger partial charge in [-0.25, -0.2) is 0 Å². The normalized spacial score (nSPS) is 11.1. The van der Waals surface area contributed by atoms with E-state index in [-0.39, 0.29) is 0 Å². The van der Waals surface area contributed by atoms with Crippen LogP contribution in [0, 0.1) is 6.92 Å². The van der Waals surface area contributed by atoms with Gasteiger partial charge in [-0.2, -0.15) is 0 Å². The second kappa shape index (κ2) is 6.62. The van der Waals surface area contributed by atoms with Crippen LogP contribution in [0.5, 0.6) is 0 Å². The van der Waals surface area contributed by atoms with Crippen molar-refractivity contribution in [2.75, 3.05) is 0 Å². The zero-order valence-electron chi connectivity index (χ0n) is 12.8. The first kappa shape index (κ1) is 13.9. The van der Waals surface area contributed by atoms with Gasteiger partial charge in [-0.1, -0.05) is 48.9 Å². The number of hydrogen-bond acceptors (Lipinski definition) is 0. The van der Waals surface area contributed by atoms with E-state index in [0.717, 1.165) is 6.54 Å². The Morgan fingerprint density at radius 1 is 0.810 bits per heavy atom. The van der Waals surface area contributed by atoms with Gasteiger partial charge >= 0.3 is 0 Å². The number of rotatable bonds is 6. The fourth-order valence-electron chi connectivity index (χ4n) is 3.00. The van der Waals surface area contributed by atoms with E-state index >= 15 is 0 Å². The summed E-state index contributed by atoms with van der Waals surface area (Å²) < 4.78 is 2.39. The van der Waals surface area contributed by atoms with Gasteiger partial charge in [0, 0.05) is 23.6 Å². The average Bonchev–Trinajstić information content (AvgIpc) is 2.93. The maximum absolute atomic E-state index is 2.39. The van der Waals surface area contributed by atoms with Gasteiger partial charge in [0.2, 0.25) is 0 Å². The van der Waals surface area contributed by atoms with Crippen molar-refractivity contribution in [1.29, 1.82) is 0 Å². The molecule has 0 amide bonds. The third kappa shape index (κ3) is 3.36. The van der Waals surface area contributed by atoms with Crippen molar-refractivity contribution in [2.45, 2.75) is 39.2 Å².